The Hall–Kier alpha value is -1.43. The summed E-state index contributed by atoms with van der Waals surface area (Å²) < 4.78 is 7.50. The highest BCUT2D eigenvalue weighted by Gasteiger charge is 2.30. The van der Waals surface area contributed by atoms with E-state index in [-0.39, 0.29) is 4.87 Å². The van der Waals surface area contributed by atoms with Gasteiger partial charge in [-0.25, -0.2) is 0 Å². The van der Waals surface area contributed by atoms with Crippen molar-refractivity contribution in [1.82, 2.24) is 14.8 Å². The minimum atomic E-state index is 0.107. The van der Waals surface area contributed by atoms with Crippen LogP contribution in [0.5, 0.6) is 0 Å². The fraction of sp³-hybridized carbons (Fsp3) is 0.643. The van der Waals surface area contributed by atoms with Gasteiger partial charge in [0.05, 0.1) is 0 Å². The van der Waals surface area contributed by atoms with Crippen molar-refractivity contribution in [2.24, 2.45) is 5.92 Å². The third kappa shape index (κ3) is 2.12. The lowest BCUT2D eigenvalue weighted by Gasteiger charge is -2.18. The Balaban J connectivity index is 1.63. The molecule has 0 N–H and O–H groups in total. The average Bonchev–Trinajstić information content (AvgIpc) is 3.09. The smallest absolute Gasteiger partial charge is 0.308 e. The predicted octanol–water partition coefficient (Wildman–Crippen LogP) is 2.34. The lowest BCUT2D eigenvalue weighted by Crippen LogP contribution is -2.19. The monoisotopic (exact) mass is 291 g/mol. The third-order valence-corrected chi connectivity index (χ3v) is 5.23. The maximum absolute atomic E-state index is 12.2. The third-order valence-electron chi connectivity index (χ3n) is 4.19. The molecular formula is C14H17N3O2S. The summed E-state index contributed by atoms with van der Waals surface area (Å²) in [6.07, 6.45) is 5.46. The van der Waals surface area contributed by atoms with E-state index >= 15 is 0 Å². The highest BCUT2D eigenvalue weighted by atomic mass is 32.1. The van der Waals surface area contributed by atoms with E-state index in [4.69, 9.17) is 4.42 Å². The van der Waals surface area contributed by atoms with Crippen molar-refractivity contribution in [2.45, 2.75) is 51.5 Å². The molecular weight excluding hydrogens is 274 g/mol. The van der Waals surface area contributed by atoms with Crippen LogP contribution in [-0.4, -0.2) is 14.8 Å². The van der Waals surface area contributed by atoms with Crippen molar-refractivity contribution < 1.29 is 4.42 Å². The van der Waals surface area contributed by atoms with E-state index in [1.54, 1.807) is 0 Å². The Morgan fingerprint density at radius 1 is 1.35 bits per heavy atom. The summed E-state index contributed by atoms with van der Waals surface area (Å²) in [5.74, 6) is 2.45. The van der Waals surface area contributed by atoms with Crippen LogP contribution in [0.3, 0.4) is 0 Å². The second-order valence-electron chi connectivity index (χ2n) is 5.98. The average molecular weight is 291 g/mol. The van der Waals surface area contributed by atoms with Gasteiger partial charge in [-0.1, -0.05) is 18.3 Å². The first-order valence-electron chi connectivity index (χ1n) is 7.24. The molecule has 0 aliphatic heterocycles. The number of nitrogens with zero attached hydrogens (tertiary/aromatic N) is 3. The summed E-state index contributed by atoms with van der Waals surface area (Å²) in [5, 5.41) is 8.17. The maximum atomic E-state index is 12.2. The molecule has 20 heavy (non-hydrogen) atoms. The second kappa shape index (κ2) is 4.55. The lowest BCUT2D eigenvalue weighted by molar-refractivity contribution is 0.428. The molecule has 1 unspecified atom stereocenters. The van der Waals surface area contributed by atoms with Crippen LogP contribution in [0.4, 0.5) is 0 Å². The molecule has 0 amide bonds. The Morgan fingerprint density at radius 3 is 3.00 bits per heavy atom. The molecule has 6 heteroatoms. The molecule has 1 saturated carbocycles. The van der Waals surface area contributed by atoms with Crippen molar-refractivity contribution in [2.75, 3.05) is 0 Å². The zero-order valence-electron chi connectivity index (χ0n) is 11.5. The topological polar surface area (TPSA) is 60.9 Å². The number of fused-ring (bicyclic) bond motifs is 1. The molecule has 106 valence electrons. The summed E-state index contributed by atoms with van der Waals surface area (Å²) in [6, 6.07) is 0. The van der Waals surface area contributed by atoms with Gasteiger partial charge < -0.3 is 4.42 Å². The Morgan fingerprint density at radius 2 is 2.20 bits per heavy atom. The van der Waals surface area contributed by atoms with Crippen LogP contribution in [0.25, 0.3) is 0 Å². The van der Waals surface area contributed by atoms with Crippen LogP contribution in [0.1, 0.15) is 54.5 Å². The van der Waals surface area contributed by atoms with E-state index in [1.807, 2.05) is 4.57 Å². The van der Waals surface area contributed by atoms with E-state index in [0.29, 0.717) is 24.3 Å². The van der Waals surface area contributed by atoms with Crippen molar-refractivity contribution in [3.05, 3.63) is 32.0 Å². The van der Waals surface area contributed by atoms with E-state index in [9.17, 15) is 4.79 Å². The molecule has 4 rings (SSSR count). The highest BCUT2D eigenvalue weighted by molar-refractivity contribution is 7.09. The molecule has 0 bridgehead atoms. The molecule has 1 fully saturated rings. The van der Waals surface area contributed by atoms with Gasteiger partial charge in [0.15, 0.2) is 0 Å². The van der Waals surface area contributed by atoms with Crippen LogP contribution in [-0.2, 0) is 19.4 Å². The molecule has 0 saturated heterocycles. The first-order chi connectivity index (χ1) is 9.70. The van der Waals surface area contributed by atoms with Crippen LogP contribution in [0, 0.1) is 5.92 Å². The van der Waals surface area contributed by atoms with Gasteiger partial charge in [0, 0.05) is 16.5 Å². The standard InChI is InChI=1S/C14H17N3O2S/c1-8-2-5-10-11(6-8)20-14(18)17(10)7-12-15-16-13(19-12)9-3-4-9/h8-9H,2-7H2,1H3. The molecule has 2 heterocycles. The van der Waals surface area contributed by atoms with Crippen molar-refractivity contribution in [3.8, 4) is 0 Å². The van der Waals surface area contributed by atoms with Gasteiger partial charge >= 0.3 is 4.87 Å². The molecule has 2 aromatic rings. The largest absolute Gasteiger partial charge is 0.423 e. The van der Waals surface area contributed by atoms with Crippen LogP contribution in [0.15, 0.2) is 9.21 Å². The minimum Gasteiger partial charge on any atom is -0.423 e. The lowest BCUT2D eigenvalue weighted by atomic mass is 9.93. The molecule has 0 aromatic carbocycles. The Bertz CT molecular complexity index is 696. The SMILES string of the molecule is CC1CCc2c(sc(=O)n2Cc2nnc(C3CC3)o2)C1. The number of hydrogen-bond donors (Lipinski definition) is 0. The fourth-order valence-electron chi connectivity index (χ4n) is 2.84. The van der Waals surface area contributed by atoms with Gasteiger partial charge in [-0.05, 0) is 38.0 Å². The first kappa shape index (κ1) is 12.3. The molecule has 2 aromatic heterocycles. The van der Waals surface area contributed by atoms with E-state index in [1.165, 1.54) is 21.9 Å². The summed E-state index contributed by atoms with van der Waals surface area (Å²) in [5.41, 5.74) is 1.18. The minimum absolute atomic E-state index is 0.107. The summed E-state index contributed by atoms with van der Waals surface area (Å²) in [6.45, 7) is 2.68. The number of hydrogen-bond acceptors (Lipinski definition) is 5. The van der Waals surface area contributed by atoms with Gasteiger partial charge in [0.1, 0.15) is 6.54 Å². The van der Waals surface area contributed by atoms with Gasteiger partial charge in [0.2, 0.25) is 11.8 Å². The Kier molecular flexibility index (Phi) is 2.80. The number of aromatic nitrogens is 3. The zero-order valence-corrected chi connectivity index (χ0v) is 12.3. The van der Waals surface area contributed by atoms with Crippen molar-refractivity contribution in [1.29, 1.82) is 0 Å². The molecule has 2 aliphatic carbocycles. The number of rotatable bonds is 3. The Labute approximate surface area is 120 Å². The van der Waals surface area contributed by atoms with Gasteiger partial charge in [-0.3, -0.25) is 9.36 Å². The van der Waals surface area contributed by atoms with Crippen LogP contribution in [0.2, 0.25) is 0 Å². The normalized spacial score (nSPS) is 21.9. The van der Waals surface area contributed by atoms with E-state index in [0.717, 1.165) is 38.0 Å². The van der Waals surface area contributed by atoms with Crippen LogP contribution < -0.4 is 4.87 Å². The van der Waals surface area contributed by atoms with Crippen molar-refractivity contribution in [3.63, 3.8) is 0 Å². The highest BCUT2D eigenvalue weighted by Crippen LogP contribution is 2.39. The molecule has 0 spiro atoms. The van der Waals surface area contributed by atoms with Crippen molar-refractivity contribution >= 4 is 11.3 Å². The quantitative estimate of drug-likeness (QED) is 0.871. The van der Waals surface area contributed by atoms with Crippen LogP contribution >= 0.6 is 11.3 Å². The molecule has 2 aliphatic rings. The number of thiazole rings is 1. The van der Waals surface area contributed by atoms with Gasteiger partial charge in [-0.2, -0.15) is 0 Å². The molecule has 5 nitrogen and oxygen atoms in total. The van der Waals surface area contributed by atoms with E-state index < -0.39 is 0 Å². The molecule has 1 atom stereocenters. The zero-order chi connectivity index (χ0) is 13.7. The van der Waals surface area contributed by atoms with Gasteiger partial charge in [0.25, 0.3) is 0 Å². The molecule has 0 radical (unpaired) electrons. The maximum Gasteiger partial charge on any atom is 0.308 e. The predicted molar refractivity (Wildman–Crippen MR) is 75.1 cm³/mol. The summed E-state index contributed by atoms with van der Waals surface area (Å²) >= 11 is 1.38. The summed E-state index contributed by atoms with van der Waals surface area (Å²) in [4.78, 5) is 13.5. The fourth-order valence-corrected chi connectivity index (χ4v) is 4.03. The summed E-state index contributed by atoms with van der Waals surface area (Å²) in [7, 11) is 0. The second-order valence-corrected chi connectivity index (χ2v) is 7.03. The first-order valence-corrected chi connectivity index (χ1v) is 8.06. The van der Waals surface area contributed by atoms with E-state index in [2.05, 4.69) is 17.1 Å². The van der Waals surface area contributed by atoms with Gasteiger partial charge in [-0.15, -0.1) is 10.2 Å².